The molecule has 5 nitrogen and oxygen atoms in total. The Hall–Kier alpha value is -3.64. The van der Waals surface area contributed by atoms with Crippen LogP contribution in [0.15, 0.2) is 82.0 Å². The zero-order chi connectivity index (χ0) is 20.5. The van der Waals surface area contributed by atoms with Crippen LogP contribution in [0.3, 0.4) is 0 Å². The molecule has 148 valence electrons. The highest BCUT2D eigenvalue weighted by atomic mass is 32.1. The predicted molar refractivity (Wildman–Crippen MR) is 118 cm³/mol. The second-order valence-corrected chi connectivity index (χ2v) is 7.79. The van der Waals surface area contributed by atoms with E-state index in [0.717, 1.165) is 31.7 Å². The van der Waals surface area contributed by atoms with Crippen LogP contribution < -0.4 is 15.1 Å². The van der Waals surface area contributed by atoms with Crippen LogP contribution in [0.25, 0.3) is 31.8 Å². The van der Waals surface area contributed by atoms with Gasteiger partial charge in [0.15, 0.2) is 0 Å². The van der Waals surface area contributed by atoms with E-state index in [1.807, 2.05) is 48.5 Å². The van der Waals surface area contributed by atoms with Crippen molar-refractivity contribution in [3.05, 3.63) is 88.8 Å². The Morgan fingerprint density at radius 3 is 2.73 bits per heavy atom. The molecule has 0 aliphatic carbocycles. The third kappa shape index (κ3) is 3.53. The standard InChI is InChI=1S/C24H17NO4S/c1-27-17-9-10-21-19(13-17)16(12-23(26)29-21)14-28-18-6-4-5-15(11-18)24-25-20-7-2-3-8-22(20)30-24/h2-13H,14H2,1H3. The number of methoxy groups -OCH3 is 1. The van der Waals surface area contributed by atoms with Gasteiger partial charge in [-0.05, 0) is 42.5 Å². The molecule has 5 rings (SSSR count). The average molecular weight is 415 g/mol. The lowest BCUT2D eigenvalue weighted by Gasteiger charge is -2.10. The van der Waals surface area contributed by atoms with Crippen molar-refractivity contribution in [1.29, 1.82) is 0 Å². The highest BCUT2D eigenvalue weighted by molar-refractivity contribution is 7.21. The first kappa shape index (κ1) is 18.4. The highest BCUT2D eigenvalue weighted by Crippen LogP contribution is 2.32. The molecular formula is C24H17NO4S. The summed E-state index contributed by atoms with van der Waals surface area (Å²) in [5, 5.41) is 1.73. The molecule has 0 unspecified atom stereocenters. The third-order valence-electron chi connectivity index (χ3n) is 4.80. The largest absolute Gasteiger partial charge is 0.497 e. The minimum atomic E-state index is -0.408. The predicted octanol–water partition coefficient (Wildman–Crippen LogP) is 5.66. The molecule has 0 N–H and O–H groups in total. The molecule has 0 fully saturated rings. The van der Waals surface area contributed by atoms with Crippen LogP contribution in [0.1, 0.15) is 5.56 Å². The van der Waals surface area contributed by atoms with Crippen LogP contribution in [0.4, 0.5) is 0 Å². The summed E-state index contributed by atoms with van der Waals surface area (Å²) in [5.74, 6) is 1.39. The summed E-state index contributed by atoms with van der Waals surface area (Å²) in [7, 11) is 1.60. The van der Waals surface area contributed by atoms with E-state index in [1.165, 1.54) is 6.07 Å². The lowest BCUT2D eigenvalue weighted by atomic mass is 10.1. The Balaban J connectivity index is 1.44. The van der Waals surface area contributed by atoms with Crippen molar-refractivity contribution in [2.45, 2.75) is 6.61 Å². The Labute approximate surface area is 176 Å². The molecule has 0 aliphatic rings. The van der Waals surface area contributed by atoms with Crippen molar-refractivity contribution in [2.75, 3.05) is 7.11 Å². The molecule has 0 saturated carbocycles. The van der Waals surface area contributed by atoms with E-state index < -0.39 is 5.63 Å². The fourth-order valence-corrected chi connectivity index (χ4v) is 4.29. The first-order valence-electron chi connectivity index (χ1n) is 9.39. The Kier molecular flexibility index (Phi) is 4.69. The van der Waals surface area contributed by atoms with Crippen molar-refractivity contribution in [1.82, 2.24) is 4.98 Å². The smallest absolute Gasteiger partial charge is 0.336 e. The van der Waals surface area contributed by atoms with Gasteiger partial charge in [0, 0.05) is 22.6 Å². The third-order valence-corrected chi connectivity index (χ3v) is 5.89. The van der Waals surface area contributed by atoms with Gasteiger partial charge in [-0.25, -0.2) is 9.78 Å². The SMILES string of the molecule is COc1ccc2oc(=O)cc(COc3cccc(-c4nc5ccccc5s4)c3)c2c1. The van der Waals surface area contributed by atoms with Gasteiger partial charge in [-0.15, -0.1) is 11.3 Å². The van der Waals surface area contributed by atoms with Gasteiger partial charge in [-0.2, -0.15) is 0 Å². The van der Waals surface area contributed by atoms with E-state index in [9.17, 15) is 4.79 Å². The zero-order valence-corrected chi connectivity index (χ0v) is 16.9. The quantitative estimate of drug-likeness (QED) is 0.347. The van der Waals surface area contributed by atoms with E-state index in [-0.39, 0.29) is 6.61 Å². The molecule has 0 bridgehead atoms. The van der Waals surface area contributed by atoms with Crippen molar-refractivity contribution < 1.29 is 13.9 Å². The summed E-state index contributed by atoms with van der Waals surface area (Å²) >= 11 is 1.65. The van der Waals surface area contributed by atoms with E-state index in [1.54, 1.807) is 30.6 Å². The summed E-state index contributed by atoms with van der Waals surface area (Å²) in [6.45, 7) is 0.235. The number of ether oxygens (including phenoxy) is 2. The summed E-state index contributed by atoms with van der Waals surface area (Å²) in [6, 6.07) is 22.7. The van der Waals surface area contributed by atoms with Gasteiger partial charge >= 0.3 is 5.63 Å². The van der Waals surface area contributed by atoms with Crippen LogP contribution in [-0.2, 0) is 6.61 Å². The average Bonchev–Trinajstić information content (AvgIpc) is 3.22. The fraction of sp³-hybridized carbons (Fsp3) is 0.0833. The topological polar surface area (TPSA) is 61.6 Å². The summed E-state index contributed by atoms with van der Waals surface area (Å²) in [4.78, 5) is 16.6. The maximum Gasteiger partial charge on any atom is 0.336 e. The second-order valence-electron chi connectivity index (χ2n) is 6.76. The zero-order valence-electron chi connectivity index (χ0n) is 16.1. The van der Waals surface area contributed by atoms with E-state index in [2.05, 4.69) is 6.07 Å². The second kappa shape index (κ2) is 7.65. The van der Waals surface area contributed by atoms with Crippen LogP contribution in [-0.4, -0.2) is 12.1 Å². The van der Waals surface area contributed by atoms with E-state index >= 15 is 0 Å². The van der Waals surface area contributed by atoms with Crippen molar-refractivity contribution >= 4 is 32.5 Å². The molecule has 0 aliphatic heterocycles. The molecule has 0 atom stereocenters. The molecule has 30 heavy (non-hydrogen) atoms. The van der Waals surface area contributed by atoms with Gasteiger partial charge in [0.2, 0.25) is 0 Å². The molecule has 2 heterocycles. The number of nitrogens with zero attached hydrogens (tertiary/aromatic N) is 1. The van der Waals surface area contributed by atoms with Crippen LogP contribution in [0.5, 0.6) is 11.5 Å². The van der Waals surface area contributed by atoms with Crippen molar-refractivity contribution in [3.8, 4) is 22.1 Å². The molecule has 0 saturated heterocycles. The van der Waals surface area contributed by atoms with Gasteiger partial charge in [0.1, 0.15) is 28.7 Å². The number of para-hydroxylation sites is 1. The molecule has 0 spiro atoms. The van der Waals surface area contributed by atoms with Gasteiger partial charge in [0.05, 0.1) is 17.3 Å². The number of aromatic nitrogens is 1. The van der Waals surface area contributed by atoms with Crippen LogP contribution >= 0.6 is 11.3 Å². The molecule has 6 heteroatoms. The number of hydrogen-bond acceptors (Lipinski definition) is 6. The lowest BCUT2D eigenvalue weighted by molar-refractivity contribution is 0.306. The van der Waals surface area contributed by atoms with Crippen molar-refractivity contribution in [2.24, 2.45) is 0 Å². The summed E-state index contributed by atoms with van der Waals surface area (Å²) in [5.41, 5.74) is 2.82. The monoisotopic (exact) mass is 415 g/mol. The molecule has 0 radical (unpaired) electrons. The number of fused-ring (bicyclic) bond motifs is 2. The molecule has 0 amide bonds. The molecule has 2 aromatic heterocycles. The Bertz CT molecular complexity index is 1390. The first-order valence-corrected chi connectivity index (χ1v) is 10.2. The van der Waals surface area contributed by atoms with Gasteiger partial charge in [0.25, 0.3) is 0 Å². The van der Waals surface area contributed by atoms with Crippen molar-refractivity contribution in [3.63, 3.8) is 0 Å². The van der Waals surface area contributed by atoms with Crippen LogP contribution in [0.2, 0.25) is 0 Å². The Morgan fingerprint density at radius 1 is 0.967 bits per heavy atom. The molecule has 3 aromatic carbocycles. The summed E-state index contributed by atoms with van der Waals surface area (Å²) in [6.07, 6.45) is 0. The molecular weight excluding hydrogens is 398 g/mol. The first-order chi connectivity index (χ1) is 14.7. The van der Waals surface area contributed by atoms with Gasteiger partial charge in [-0.3, -0.25) is 0 Å². The van der Waals surface area contributed by atoms with Crippen LogP contribution in [0, 0.1) is 0 Å². The maximum atomic E-state index is 11.9. The molecule has 5 aromatic rings. The van der Waals surface area contributed by atoms with Gasteiger partial charge < -0.3 is 13.9 Å². The minimum absolute atomic E-state index is 0.235. The number of benzene rings is 3. The van der Waals surface area contributed by atoms with E-state index in [0.29, 0.717) is 17.1 Å². The maximum absolute atomic E-state index is 11.9. The summed E-state index contributed by atoms with van der Waals surface area (Å²) < 4.78 is 17.7. The normalized spacial score (nSPS) is 11.1. The fourth-order valence-electron chi connectivity index (χ4n) is 3.33. The number of hydrogen-bond donors (Lipinski definition) is 0. The number of rotatable bonds is 5. The minimum Gasteiger partial charge on any atom is -0.497 e. The van der Waals surface area contributed by atoms with Gasteiger partial charge in [-0.1, -0.05) is 24.3 Å². The number of thiazole rings is 1. The Morgan fingerprint density at radius 2 is 1.87 bits per heavy atom. The lowest BCUT2D eigenvalue weighted by Crippen LogP contribution is -2.04. The highest BCUT2D eigenvalue weighted by Gasteiger charge is 2.10. The van der Waals surface area contributed by atoms with E-state index in [4.69, 9.17) is 18.9 Å².